The quantitative estimate of drug-likeness (QED) is 0.825. The molecule has 1 aromatic rings. The van der Waals surface area contributed by atoms with Gasteiger partial charge in [-0.15, -0.1) is 11.8 Å². The van der Waals surface area contributed by atoms with Crippen molar-refractivity contribution in [3.63, 3.8) is 0 Å². The summed E-state index contributed by atoms with van der Waals surface area (Å²) in [7, 11) is 0. The van der Waals surface area contributed by atoms with Crippen LogP contribution in [0.5, 0.6) is 0 Å². The van der Waals surface area contributed by atoms with Crippen molar-refractivity contribution in [2.75, 3.05) is 36.2 Å². The zero-order valence-corrected chi connectivity index (χ0v) is 12.6. The van der Waals surface area contributed by atoms with E-state index in [2.05, 4.69) is 0 Å². The summed E-state index contributed by atoms with van der Waals surface area (Å²) in [5.41, 5.74) is 0. The molecule has 2 fully saturated rings. The van der Waals surface area contributed by atoms with E-state index in [9.17, 15) is 9.59 Å². The van der Waals surface area contributed by atoms with Gasteiger partial charge in [-0.3, -0.25) is 9.59 Å². The first kappa shape index (κ1) is 13.9. The molecule has 0 spiro atoms. The highest BCUT2D eigenvalue weighted by atomic mass is 32.2. The Bertz CT molecular complexity index is 486. The number of nitrogens with zero attached hydrogens (tertiary/aromatic N) is 2. The molecule has 7 heteroatoms. The van der Waals surface area contributed by atoms with E-state index in [1.807, 2.05) is 16.7 Å². The average molecular weight is 312 g/mol. The second-order valence-corrected chi connectivity index (χ2v) is 6.93. The molecule has 108 valence electrons. The SMILES string of the molecule is O=C(C1CSCN1C(=O)c1ccco1)N1CCSCC1. The molecule has 20 heavy (non-hydrogen) atoms. The molecular weight excluding hydrogens is 296 g/mol. The van der Waals surface area contributed by atoms with Crippen molar-refractivity contribution >= 4 is 35.3 Å². The third-order valence-corrected chi connectivity index (χ3v) is 5.44. The molecule has 0 aliphatic carbocycles. The van der Waals surface area contributed by atoms with Crippen LogP contribution >= 0.6 is 23.5 Å². The maximum atomic E-state index is 12.6. The lowest BCUT2D eigenvalue weighted by Gasteiger charge is -2.31. The first-order valence-corrected chi connectivity index (χ1v) is 8.87. The van der Waals surface area contributed by atoms with Gasteiger partial charge in [-0.05, 0) is 12.1 Å². The second kappa shape index (κ2) is 6.13. The number of carbonyl (C=O) groups excluding carboxylic acids is 2. The first-order valence-electron chi connectivity index (χ1n) is 6.56. The molecule has 0 N–H and O–H groups in total. The van der Waals surface area contributed by atoms with Gasteiger partial charge < -0.3 is 14.2 Å². The second-order valence-electron chi connectivity index (χ2n) is 4.71. The van der Waals surface area contributed by atoms with E-state index in [0.29, 0.717) is 17.4 Å². The Morgan fingerprint density at radius 3 is 2.75 bits per heavy atom. The highest BCUT2D eigenvalue weighted by Crippen LogP contribution is 2.25. The molecule has 2 aliphatic rings. The van der Waals surface area contributed by atoms with Crippen LogP contribution < -0.4 is 0 Å². The Balaban J connectivity index is 1.71. The van der Waals surface area contributed by atoms with Crippen molar-refractivity contribution < 1.29 is 14.0 Å². The molecule has 5 nitrogen and oxygen atoms in total. The minimum atomic E-state index is -0.347. The Labute approximate surface area is 126 Å². The summed E-state index contributed by atoms with van der Waals surface area (Å²) in [6, 6.07) is 2.99. The van der Waals surface area contributed by atoms with Gasteiger partial charge in [0.15, 0.2) is 5.76 Å². The summed E-state index contributed by atoms with van der Waals surface area (Å²) in [5, 5.41) is 0. The van der Waals surface area contributed by atoms with E-state index in [0.717, 1.165) is 24.6 Å². The van der Waals surface area contributed by atoms with Crippen LogP contribution in [0.15, 0.2) is 22.8 Å². The minimum Gasteiger partial charge on any atom is -0.459 e. The normalized spacial score (nSPS) is 23.1. The topological polar surface area (TPSA) is 53.8 Å². The smallest absolute Gasteiger partial charge is 0.290 e. The van der Waals surface area contributed by atoms with E-state index >= 15 is 0 Å². The van der Waals surface area contributed by atoms with Gasteiger partial charge >= 0.3 is 0 Å². The summed E-state index contributed by atoms with van der Waals surface area (Å²) >= 11 is 3.49. The molecule has 2 amide bonds. The molecule has 3 heterocycles. The van der Waals surface area contributed by atoms with Gasteiger partial charge in [-0.2, -0.15) is 11.8 Å². The molecule has 1 unspecified atom stereocenters. The van der Waals surface area contributed by atoms with Crippen molar-refractivity contribution in [1.29, 1.82) is 0 Å². The summed E-state index contributed by atoms with van der Waals surface area (Å²) in [5.74, 6) is 3.39. The van der Waals surface area contributed by atoms with Gasteiger partial charge in [0.05, 0.1) is 12.1 Å². The van der Waals surface area contributed by atoms with Gasteiger partial charge in [0, 0.05) is 30.3 Å². The van der Waals surface area contributed by atoms with Crippen LogP contribution in [0.1, 0.15) is 10.6 Å². The number of hydrogen-bond acceptors (Lipinski definition) is 5. The zero-order valence-electron chi connectivity index (χ0n) is 11.0. The van der Waals surface area contributed by atoms with Crippen molar-refractivity contribution in [1.82, 2.24) is 9.80 Å². The molecule has 0 aromatic carbocycles. The molecular formula is C13H16N2O3S2. The largest absolute Gasteiger partial charge is 0.459 e. The molecule has 0 saturated carbocycles. The van der Waals surface area contributed by atoms with Gasteiger partial charge in [-0.1, -0.05) is 0 Å². The molecule has 2 saturated heterocycles. The molecule has 1 aromatic heterocycles. The summed E-state index contributed by atoms with van der Waals surface area (Å²) in [6.45, 7) is 1.57. The fraction of sp³-hybridized carbons (Fsp3) is 0.538. The minimum absolute atomic E-state index is 0.0789. The predicted octanol–water partition coefficient (Wildman–Crippen LogP) is 1.37. The Morgan fingerprint density at radius 2 is 2.05 bits per heavy atom. The van der Waals surface area contributed by atoms with Gasteiger partial charge in [0.2, 0.25) is 5.91 Å². The monoisotopic (exact) mass is 312 g/mol. The number of carbonyl (C=O) groups is 2. The number of thioether (sulfide) groups is 2. The zero-order chi connectivity index (χ0) is 13.9. The van der Waals surface area contributed by atoms with Crippen LogP contribution in [0.25, 0.3) is 0 Å². The third kappa shape index (κ3) is 2.69. The van der Waals surface area contributed by atoms with Crippen LogP contribution in [0.2, 0.25) is 0 Å². The number of rotatable bonds is 2. The number of amides is 2. The van der Waals surface area contributed by atoms with Gasteiger partial charge in [0.1, 0.15) is 6.04 Å². The van der Waals surface area contributed by atoms with Crippen LogP contribution in [-0.4, -0.2) is 63.9 Å². The lowest BCUT2D eigenvalue weighted by molar-refractivity contribution is -0.134. The van der Waals surface area contributed by atoms with Crippen LogP contribution in [-0.2, 0) is 4.79 Å². The van der Waals surface area contributed by atoms with Crippen molar-refractivity contribution in [2.24, 2.45) is 0 Å². The average Bonchev–Trinajstić information content (AvgIpc) is 3.18. The standard InChI is InChI=1S/C13H16N2O3S2/c16-12(14-3-6-19-7-4-14)10-8-20-9-15(10)13(17)11-2-1-5-18-11/h1-2,5,10H,3-4,6-9H2. The summed E-state index contributed by atoms with van der Waals surface area (Å²) in [6.07, 6.45) is 1.48. The van der Waals surface area contributed by atoms with Crippen LogP contribution in [0.4, 0.5) is 0 Å². The number of furan rings is 1. The Morgan fingerprint density at radius 1 is 1.25 bits per heavy atom. The predicted molar refractivity (Wildman–Crippen MR) is 79.9 cm³/mol. The fourth-order valence-electron chi connectivity index (χ4n) is 2.38. The fourth-order valence-corrected chi connectivity index (χ4v) is 4.43. The van der Waals surface area contributed by atoms with Gasteiger partial charge in [-0.25, -0.2) is 0 Å². The molecule has 2 aliphatic heterocycles. The summed E-state index contributed by atoms with van der Waals surface area (Å²) < 4.78 is 5.15. The van der Waals surface area contributed by atoms with E-state index in [1.54, 1.807) is 28.8 Å². The third-order valence-electron chi connectivity index (χ3n) is 3.48. The van der Waals surface area contributed by atoms with Crippen molar-refractivity contribution in [3.05, 3.63) is 24.2 Å². The van der Waals surface area contributed by atoms with Crippen LogP contribution in [0.3, 0.4) is 0 Å². The van der Waals surface area contributed by atoms with Crippen LogP contribution in [0, 0.1) is 0 Å². The van der Waals surface area contributed by atoms with Gasteiger partial charge in [0.25, 0.3) is 5.91 Å². The van der Waals surface area contributed by atoms with E-state index in [-0.39, 0.29) is 17.9 Å². The highest BCUT2D eigenvalue weighted by Gasteiger charge is 2.38. The summed E-state index contributed by atoms with van der Waals surface area (Å²) in [4.78, 5) is 28.4. The van der Waals surface area contributed by atoms with Crippen molar-refractivity contribution in [2.45, 2.75) is 6.04 Å². The molecule has 0 bridgehead atoms. The Hall–Kier alpha value is -1.08. The molecule has 3 rings (SSSR count). The van der Waals surface area contributed by atoms with E-state index < -0.39 is 0 Å². The lowest BCUT2D eigenvalue weighted by atomic mass is 10.2. The number of hydrogen-bond donors (Lipinski definition) is 0. The lowest BCUT2D eigenvalue weighted by Crippen LogP contribution is -2.51. The first-order chi connectivity index (χ1) is 9.77. The van der Waals surface area contributed by atoms with E-state index in [4.69, 9.17) is 4.42 Å². The highest BCUT2D eigenvalue weighted by molar-refractivity contribution is 7.99. The maximum absolute atomic E-state index is 12.6. The molecule has 1 atom stereocenters. The molecule has 0 radical (unpaired) electrons. The maximum Gasteiger partial charge on any atom is 0.290 e. The Kier molecular flexibility index (Phi) is 4.26. The van der Waals surface area contributed by atoms with E-state index in [1.165, 1.54) is 6.26 Å². The van der Waals surface area contributed by atoms with Crippen molar-refractivity contribution in [3.8, 4) is 0 Å².